The molecule has 0 aliphatic carbocycles. The Kier molecular flexibility index (Phi) is 5.65. The number of nitrogens with zero attached hydrogens (tertiary/aromatic N) is 3. The van der Waals surface area contributed by atoms with E-state index in [1.54, 1.807) is 14.0 Å². The summed E-state index contributed by atoms with van der Waals surface area (Å²) in [6.45, 7) is 1.99. The summed E-state index contributed by atoms with van der Waals surface area (Å²) in [5.41, 5.74) is 0. The monoisotopic (exact) mass is 293 g/mol. The molecule has 1 aromatic rings. The Morgan fingerprint density at radius 3 is 2.75 bits per heavy atom. The van der Waals surface area contributed by atoms with Crippen molar-refractivity contribution in [2.45, 2.75) is 13.5 Å². The number of hydrogen-bond acceptors (Lipinski definition) is 4. The van der Waals surface area contributed by atoms with Crippen molar-refractivity contribution in [3.05, 3.63) is 22.6 Å². The molecule has 0 spiro atoms. The molecule has 1 rings (SSSR count). The molecule has 0 radical (unpaired) electrons. The molecule has 0 amide bonds. The first-order chi connectivity index (χ1) is 7.04. The van der Waals surface area contributed by atoms with E-state index in [4.69, 9.17) is 4.74 Å². The zero-order valence-corrected chi connectivity index (χ0v) is 10.5. The first kappa shape index (κ1) is 14.6. The van der Waals surface area contributed by atoms with E-state index in [9.17, 15) is 14.9 Å². The van der Waals surface area contributed by atoms with E-state index >= 15 is 0 Å². The Hall–Kier alpha value is -1.44. The highest BCUT2D eigenvalue weighted by molar-refractivity contribution is 5.67. The van der Waals surface area contributed by atoms with E-state index in [0.717, 1.165) is 0 Å². The topological polar surface area (TPSA) is 78.2 Å². The fourth-order valence-corrected chi connectivity index (χ4v) is 1.17. The van der Waals surface area contributed by atoms with Crippen molar-refractivity contribution in [1.29, 1.82) is 0 Å². The van der Waals surface area contributed by atoms with Crippen LogP contribution in [0.2, 0.25) is 0 Å². The maximum absolute atomic E-state index is 11.1. The van der Waals surface area contributed by atoms with Crippen LogP contribution in [-0.2, 0) is 23.1 Å². The molecule has 0 aliphatic rings. The van der Waals surface area contributed by atoms with Crippen molar-refractivity contribution in [2.75, 3.05) is 6.61 Å². The fourth-order valence-electron chi connectivity index (χ4n) is 1.17. The van der Waals surface area contributed by atoms with Crippen LogP contribution in [0.4, 0.5) is 5.82 Å². The lowest BCUT2D eigenvalue weighted by atomic mass is 10.6. The van der Waals surface area contributed by atoms with Crippen LogP contribution < -0.4 is 21.5 Å². The van der Waals surface area contributed by atoms with Gasteiger partial charge in [-0.05, 0) is 11.8 Å². The summed E-state index contributed by atoms with van der Waals surface area (Å²) in [4.78, 5) is 21.1. The van der Waals surface area contributed by atoms with Crippen LogP contribution >= 0.6 is 0 Å². The van der Waals surface area contributed by atoms with Gasteiger partial charge in [0.05, 0.1) is 13.7 Å². The first-order valence-electron chi connectivity index (χ1n) is 4.40. The van der Waals surface area contributed by atoms with Gasteiger partial charge in [0, 0.05) is 0 Å². The fraction of sp³-hybridized carbons (Fsp3) is 0.500. The van der Waals surface area contributed by atoms with Crippen molar-refractivity contribution < 1.29 is 36.0 Å². The van der Waals surface area contributed by atoms with Gasteiger partial charge in [0.2, 0.25) is 6.33 Å². The number of aryl methyl sites for hydroxylation is 1. The van der Waals surface area contributed by atoms with Gasteiger partial charge in [0.15, 0.2) is 12.7 Å². The molecule has 0 aliphatic heterocycles. The molecule has 0 unspecified atom stereocenters. The highest BCUT2D eigenvalue weighted by atomic mass is 79.9. The number of carbonyl (C=O) groups excluding carboxylic acids is 1. The summed E-state index contributed by atoms with van der Waals surface area (Å²) >= 11 is 0. The van der Waals surface area contributed by atoms with Crippen molar-refractivity contribution in [3.63, 3.8) is 0 Å². The van der Waals surface area contributed by atoms with Gasteiger partial charge in [0.25, 0.3) is 0 Å². The highest BCUT2D eigenvalue weighted by Gasteiger charge is 2.17. The molecule has 1 heterocycles. The Bertz CT molecular complexity index is 391. The van der Waals surface area contributed by atoms with E-state index in [2.05, 4.69) is 0 Å². The molecule has 0 atom stereocenters. The van der Waals surface area contributed by atoms with Crippen LogP contribution in [0.15, 0.2) is 12.5 Å². The van der Waals surface area contributed by atoms with Crippen molar-refractivity contribution in [2.24, 2.45) is 7.05 Å². The van der Waals surface area contributed by atoms with Crippen LogP contribution in [0.1, 0.15) is 6.92 Å². The van der Waals surface area contributed by atoms with E-state index in [0.29, 0.717) is 6.61 Å². The third kappa shape index (κ3) is 3.61. The Morgan fingerprint density at radius 1 is 1.69 bits per heavy atom. The molecule has 0 aromatic carbocycles. The minimum atomic E-state index is -0.512. The van der Waals surface area contributed by atoms with Crippen LogP contribution in [-0.4, -0.2) is 22.1 Å². The zero-order valence-electron chi connectivity index (χ0n) is 8.92. The third-order valence-corrected chi connectivity index (χ3v) is 1.77. The molecule has 0 saturated carbocycles. The number of nitro groups is 1. The standard InChI is InChI=1S/C8H12N3O4.BrH/c1-3-15-8(12)5-10-4-7(11(13)14)9(2)6-10;/h4,6H,3,5H2,1-2H3;1H/q+1;/p-1. The van der Waals surface area contributed by atoms with Crippen LogP contribution in [0, 0.1) is 10.1 Å². The van der Waals surface area contributed by atoms with Crippen molar-refractivity contribution in [3.8, 4) is 0 Å². The molecule has 16 heavy (non-hydrogen) atoms. The van der Waals surface area contributed by atoms with Gasteiger partial charge in [-0.3, -0.25) is 0 Å². The molecule has 0 saturated heterocycles. The minimum Gasteiger partial charge on any atom is -1.00 e. The van der Waals surface area contributed by atoms with Crippen LogP contribution in [0.5, 0.6) is 0 Å². The number of imidazole rings is 1. The number of halogens is 1. The Labute approximate surface area is 103 Å². The van der Waals surface area contributed by atoms with Gasteiger partial charge >= 0.3 is 11.8 Å². The number of ether oxygens (including phenoxy) is 1. The number of aromatic nitrogens is 2. The normalized spacial score (nSPS) is 9.38. The number of rotatable bonds is 4. The lowest BCUT2D eigenvalue weighted by molar-refractivity contribution is -0.686. The number of hydrogen-bond donors (Lipinski definition) is 0. The molecule has 8 heteroatoms. The van der Waals surface area contributed by atoms with Gasteiger partial charge in [-0.25, -0.2) is 9.36 Å². The highest BCUT2D eigenvalue weighted by Crippen LogP contribution is 2.04. The van der Waals surface area contributed by atoms with E-state index in [1.807, 2.05) is 0 Å². The molecule has 7 nitrogen and oxygen atoms in total. The maximum Gasteiger partial charge on any atom is 0.364 e. The summed E-state index contributed by atoms with van der Waals surface area (Å²) < 4.78 is 7.46. The first-order valence-corrected chi connectivity index (χ1v) is 4.40. The van der Waals surface area contributed by atoms with Gasteiger partial charge in [-0.2, -0.15) is 4.57 Å². The quantitative estimate of drug-likeness (QED) is 0.253. The second kappa shape index (κ2) is 6.21. The predicted octanol–water partition coefficient (Wildman–Crippen LogP) is -3.21. The average Bonchev–Trinajstić information content (AvgIpc) is 2.47. The zero-order chi connectivity index (χ0) is 11.4. The van der Waals surface area contributed by atoms with E-state index in [1.165, 1.54) is 21.7 Å². The lowest BCUT2D eigenvalue weighted by Crippen LogP contribution is -3.00. The molecular weight excluding hydrogens is 282 g/mol. The SMILES string of the molecule is CCOC(=O)C[n+]1cc([N+](=O)[O-])n(C)c1.[Br-]. The van der Waals surface area contributed by atoms with Gasteiger partial charge in [-0.15, -0.1) is 0 Å². The van der Waals surface area contributed by atoms with Gasteiger partial charge < -0.3 is 31.8 Å². The van der Waals surface area contributed by atoms with Crippen LogP contribution in [0.25, 0.3) is 0 Å². The average molecular weight is 294 g/mol. The van der Waals surface area contributed by atoms with Gasteiger partial charge in [0.1, 0.15) is 0 Å². The molecule has 90 valence electrons. The second-order valence-electron chi connectivity index (χ2n) is 2.95. The maximum atomic E-state index is 11.1. The second-order valence-corrected chi connectivity index (χ2v) is 2.95. The van der Waals surface area contributed by atoms with Crippen molar-refractivity contribution >= 4 is 11.8 Å². The van der Waals surface area contributed by atoms with Crippen molar-refractivity contribution in [1.82, 2.24) is 4.57 Å². The van der Waals surface area contributed by atoms with Gasteiger partial charge in [-0.1, -0.05) is 0 Å². The summed E-state index contributed by atoms with van der Waals surface area (Å²) in [5.74, 6) is -0.484. The third-order valence-electron chi connectivity index (χ3n) is 1.77. The molecule has 1 aromatic heterocycles. The predicted molar refractivity (Wildman–Crippen MR) is 48.9 cm³/mol. The Balaban J connectivity index is 0.00000225. The smallest absolute Gasteiger partial charge is 0.364 e. The molecule has 0 fully saturated rings. The van der Waals surface area contributed by atoms with E-state index in [-0.39, 0.29) is 29.3 Å². The molecule has 0 N–H and O–H groups in total. The van der Waals surface area contributed by atoms with Crippen LogP contribution in [0.3, 0.4) is 0 Å². The summed E-state index contributed by atoms with van der Waals surface area (Å²) in [5, 5.41) is 10.5. The lowest BCUT2D eigenvalue weighted by Gasteiger charge is -1.96. The number of esters is 1. The summed E-state index contributed by atoms with van der Waals surface area (Å²) in [7, 11) is 1.54. The van der Waals surface area contributed by atoms with E-state index < -0.39 is 10.9 Å². The molecule has 0 bridgehead atoms. The Morgan fingerprint density at radius 2 is 2.31 bits per heavy atom. The summed E-state index contributed by atoms with van der Waals surface area (Å²) in [6.07, 6.45) is 2.76. The molecular formula is C8H12BrN3O4. The largest absolute Gasteiger partial charge is 1.00 e. The summed E-state index contributed by atoms with van der Waals surface area (Å²) in [6, 6.07) is 0. The number of carbonyl (C=O) groups is 1. The minimum absolute atomic E-state index is 0.